The van der Waals surface area contributed by atoms with Gasteiger partial charge < -0.3 is 9.42 Å². The quantitative estimate of drug-likeness (QED) is 0.390. The van der Waals surface area contributed by atoms with Crippen molar-refractivity contribution >= 4 is 29.7 Å². The van der Waals surface area contributed by atoms with E-state index in [2.05, 4.69) is 39.9 Å². The molecule has 0 saturated heterocycles. The summed E-state index contributed by atoms with van der Waals surface area (Å²) in [7, 11) is 0. The van der Waals surface area contributed by atoms with Gasteiger partial charge >= 0.3 is 0 Å². The Morgan fingerprint density at radius 3 is 2.25 bits per heavy atom. The van der Waals surface area contributed by atoms with Gasteiger partial charge in [-0.25, -0.2) is 0 Å². The molecule has 0 aliphatic carbocycles. The monoisotopic (exact) mass is 284 g/mol. The first-order valence-electron chi connectivity index (χ1n) is 6.03. The van der Waals surface area contributed by atoms with Crippen molar-refractivity contribution in [2.75, 3.05) is 0 Å². The Hall–Kier alpha value is 0.920. The van der Waals surface area contributed by atoms with Crippen molar-refractivity contribution in [3.05, 3.63) is 0 Å². The molecule has 0 aliphatic rings. The Morgan fingerprint density at radius 1 is 1.38 bits per heavy atom. The summed E-state index contributed by atoms with van der Waals surface area (Å²) < 4.78 is 5.73. The first kappa shape index (κ1) is 16.9. The zero-order chi connectivity index (χ0) is 12.8. The van der Waals surface area contributed by atoms with Gasteiger partial charge in [0.05, 0.1) is 5.60 Å². The number of thiol groups is 1. The maximum atomic E-state index is 9.66. The van der Waals surface area contributed by atoms with E-state index in [1.807, 2.05) is 0 Å². The summed E-state index contributed by atoms with van der Waals surface area (Å²) in [5, 5.41) is 0. The van der Waals surface area contributed by atoms with Crippen LogP contribution in [-0.4, -0.2) is 10.5 Å². The Balaban J connectivity index is 4.65. The smallest absolute Gasteiger partial charge is 0.242 e. The van der Waals surface area contributed by atoms with Crippen molar-refractivity contribution in [3.63, 3.8) is 0 Å². The Morgan fingerprint density at radius 2 is 1.94 bits per heavy atom. The molecule has 0 heterocycles. The molecule has 5 heteroatoms. The van der Waals surface area contributed by atoms with E-state index in [1.165, 1.54) is 12.8 Å². The summed E-state index contributed by atoms with van der Waals surface area (Å²) in [5.74, 6) is 0.344. The van der Waals surface area contributed by atoms with Crippen molar-refractivity contribution in [3.8, 4) is 0 Å². The summed E-state index contributed by atoms with van der Waals surface area (Å²) in [4.78, 5) is 9.66. The van der Waals surface area contributed by atoms with Gasteiger partial charge in [-0.15, -0.1) is 0 Å². The Labute approximate surface area is 110 Å². The molecule has 0 fully saturated rings. The highest BCUT2D eigenvalue weighted by Crippen LogP contribution is 2.54. The summed E-state index contributed by atoms with van der Waals surface area (Å²) in [6.07, 6.45) is 5.32. The highest BCUT2D eigenvalue weighted by Gasteiger charge is 2.36. The Bertz CT molecular complexity index is 240. The topological polar surface area (TPSA) is 29.5 Å². The van der Waals surface area contributed by atoms with Gasteiger partial charge in [-0.05, 0) is 30.6 Å². The van der Waals surface area contributed by atoms with E-state index in [-0.39, 0.29) is 5.60 Å². The molecule has 2 unspecified atom stereocenters. The van der Waals surface area contributed by atoms with E-state index in [4.69, 9.17) is 16.3 Å². The first-order valence-corrected chi connectivity index (χ1v) is 9.86. The van der Waals surface area contributed by atoms with Crippen molar-refractivity contribution in [2.24, 2.45) is 5.92 Å². The van der Waals surface area contributed by atoms with Gasteiger partial charge in [-0.1, -0.05) is 59.2 Å². The normalized spacial score (nSPS) is 19.4. The molecule has 16 heavy (non-hydrogen) atoms. The standard InChI is InChI=1S/C11H25O2PS2/c1-5-7-8-9-11(6-2,10(3)4)13-14(12,15)16/h10H,5-9H2,1-4H3,(H2,12,15,16). The van der Waals surface area contributed by atoms with Crippen LogP contribution in [0.3, 0.4) is 0 Å². The summed E-state index contributed by atoms with van der Waals surface area (Å²) in [6, 6.07) is 0. The summed E-state index contributed by atoms with van der Waals surface area (Å²) in [6.45, 7) is 8.51. The number of unbranched alkanes of at least 4 members (excludes halogenated alkanes) is 2. The lowest BCUT2D eigenvalue weighted by Gasteiger charge is -2.38. The van der Waals surface area contributed by atoms with Crippen LogP contribution in [0, 0.1) is 5.92 Å². The van der Waals surface area contributed by atoms with Crippen LogP contribution < -0.4 is 0 Å². The van der Waals surface area contributed by atoms with E-state index in [9.17, 15) is 4.89 Å². The second-order valence-corrected chi connectivity index (χ2v) is 9.70. The molecule has 2 atom stereocenters. The molecule has 0 radical (unpaired) electrons. The predicted molar refractivity (Wildman–Crippen MR) is 78.6 cm³/mol. The molecule has 0 spiro atoms. The van der Waals surface area contributed by atoms with Crippen molar-refractivity contribution in [1.29, 1.82) is 0 Å². The third kappa shape index (κ3) is 6.02. The average Bonchev–Trinajstić information content (AvgIpc) is 2.14. The van der Waals surface area contributed by atoms with Gasteiger partial charge in [-0.3, -0.25) is 0 Å². The highest BCUT2D eigenvalue weighted by atomic mass is 32.9. The van der Waals surface area contributed by atoms with Crippen molar-refractivity contribution < 1.29 is 9.42 Å². The van der Waals surface area contributed by atoms with Crippen molar-refractivity contribution in [1.82, 2.24) is 0 Å². The molecule has 2 nitrogen and oxygen atoms in total. The van der Waals surface area contributed by atoms with Crippen LogP contribution in [0.25, 0.3) is 0 Å². The fourth-order valence-electron chi connectivity index (χ4n) is 2.00. The van der Waals surface area contributed by atoms with E-state index >= 15 is 0 Å². The lowest BCUT2D eigenvalue weighted by atomic mass is 9.83. The van der Waals surface area contributed by atoms with Crippen LogP contribution in [0.2, 0.25) is 0 Å². The van der Waals surface area contributed by atoms with Crippen LogP contribution in [0.5, 0.6) is 0 Å². The number of hydrogen-bond acceptors (Lipinski definition) is 2. The first-order chi connectivity index (χ1) is 7.27. The van der Waals surface area contributed by atoms with Gasteiger partial charge in [0.2, 0.25) is 5.69 Å². The van der Waals surface area contributed by atoms with Crippen LogP contribution in [0.1, 0.15) is 59.8 Å². The minimum absolute atomic E-state index is 0.304. The second-order valence-electron chi connectivity index (χ2n) is 4.61. The lowest BCUT2D eigenvalue weighted by molar-refractivity contribution is 0.0124. The van der Waals surface area contributed by atoms with Crippen molar-refractivity contribution in [2.45, 2.75) is 65.4 Å². The van der Waals surface area contributed by atoms with Gasteiger partial charge in [-0.2, -0.15) is 0 Å². The molecule has 0 rings (SSSR count). The van der Waals surface area contributed by atoms with Crippen LogP contribution in [0.4, 0.5) is 0 Å². The predicted octanol–water partition coefficient (Wildman–Crippen LogP) is 4.53. The van der Waals surface area contributed by atoms with Gasteiger partial charge in [0.25, 0.3) is 0 Å². The number of hydrogen-bond donors (Lipinski definition) is 2. The number of rotatable bonds is 8. The molecule has 0 amide bonds. The second kappa shape index (κ2) is 7.38. The fourth-order valence-corrected chi connectivity index (χ4v) is 3.84. The third-order valence-electron chi connectivity index (χ3n) is 3.15. The minimum atomic E-state index is -2.88. The maximum absolute atomic E-state index is 9.66. The molecule has 0 aromatic heterocycles. The molecule has 0 aromatic rings. The van der Waals surface area contributed by atoms with Crippen LogP contribution in [-0.2, 0) is 16.3 Å². The van der Waals surface area contributed by atoms with Gasteiger partial charge in [0.15, 0.2) is 0 Å². The molecule has 0 bridgehead atoms. The molecule has 98 valence electrons. The summed E-state index contributed by atoms with van der Waals surface area (Å²) >= 11 is 8.91. The molecule has 0 aromatic carbocycles. The Kier molecular flexibility index (Phi) is 7.80. The fraction of sp³-hybridized carbons (Fsp3) is 1.00. The van der Waals surface area contributed by atoms with Crippen LogP contribution in [0.15, 0.2) is 0 Å². The minimum Gasteiger partial charge on any atom is -0.338 e. The average molecular weight is 284 g/mol. The molecule has 1 N–H and O–H groups in total. The molecular formula is C11H25O2PS2. The van der Waals surface area contributed by atoms with E-state index in [0.717, 1.165) is 19.3 Å². The SMILES string of the molecule is CCCCCC(CC)(OP(O)(=S)S)C(C)C. The summed E-state index contributed by atoms with van der Waals surface area (Å²) in [5.41, 5.74) is -3.18. The van der Waals surface area contributed by atoms with Gasteiger partial charge in [0, 0.05) is 0 Å². The van der Waals surface area contributed by atoms with E-state index in [0.29, 0.717) is 5.92 Å². The van der Waals surface area contributed by atoms with E-state index < -0.39 is 5.69 Å². The van der Waals surface area contributed by atoms with Gasteiger partial charge in [0.1, 0.15) is 0 Å². The molecule has 0 saturated carbocycles. The van der Waals surface area contributed by atoms with Crippen LogP contribution >= 0.6 is 17.9 Å². The maximum Gasteiger partial charge on any atom is 0.242 e. The molecule has 0 aliphatic heterocycles. The zero-order valence-corrected chi connectivity index (χ0v) is 13.4. The largest absolute Gasteiger partial charge is 0.338 e. The zero-order valence-electron chi connectivity index (χ0n) is 10.8. The highest BCUT2D eigenvalue weighted by molar-refractivity contribution is 8.59. The van der Waals surface area contributed by atoms with E-state index in [1.54, 1.807) is 0 Å². The lowest BCUT2D eigenvalue weighted by Crippen LogP contribution is -2.36. The third-order valence-corrected chi connectivity index (χ3v) is 4.22. The molecular weight excluding hydrogens is 259 g/mol.